The van der Waals surface area contributed by atoms with E-state index in [1.165, 1.54) is 0 Å². The Balaban J connectivity index is 2.61. The number of hydrogen-bond donors (Lipinski definition) is 2. The molecule has 0 spiro atoms. The van der Waals surface area contributed by atoms with Gasteiger partial charge in [-0.25, -0.2) is 0 Å². The maximum atomic E-state index is 10.5. The average molecular weight is 129 g/mol. The summed E-state index contributed by atoms with van der Waals surface area (Å²) >= 11 is 0. The maximum absolute atomic E-state index is 10.5. The zero-order chi connectivity index (χ0) is 6.91. The van der Waals surface area contributed by atoms with Crippen LogP contribution in [0.15, 0.2) is 0 Å². The molecule has 0 aromatic rings. The maximum Gasteiger partial charge on any atom is 0.310 e. The van der Waals surface area contributed by atoms with Crippen molar-refractivity contribution in [1.29, 1.82) is 0 Å². The van der Waals surface area contributed by atoms with Crippen molar-refractivity contribution in [2.24, 2.45) is 5.41 Å². The first-order chi connectivity index (χ1) is 4.15. The van der Waals surface area contributed by atoms with E-state index in [2.05, 4.69) is 5.32 Å². The van der Waals surface area contributed by atoms with Crippen LogP contribution in [-0.2, 0) is 4.79 Å². The van der Waals surface area contributed by atoms with Gasteiger partial charge in [-0.05, 0) is 19.9 Å². The van der Waals surface area contributed by atoms with E-state index < -0.39 is 11.4 Å². The molecular formula is C6H11NO2. The molecule has 0 saturated carbocycles. The van der Waals surface area contributed by atoms with Gasteiger partial charge in [0, 0.05) is 6.54 Å². The number of nitrogens with one attached hydrogen (secondary N) is 1. The van der Waals surface area contributed by atoms with Crippen LogP contribution < -0.4 is 5.32 Å². The first-order valence-corrected chi connectivity index (χ1v) is 3.09. The van der Waals surface area contributed by atoms with Crippen LogP contribution in [0.2, 0.25) is 0 Å². The zero-order valence-electron chi connectivity index (χ0n) is 5.48. The minimum absolute atomic E-state index is 0.500. The summed E-state index contributed by atoms with van der Waals surface area (Å²) < 4.78 is 0. The van der Waals surface area contributed by atoms with Crippen molar-refractivity contribution in [1.82, 2.24) is 5.32 Å². The summed E-state index contributed by atoms with van der Waals surface area (Å²) in [5, 5.41) is 11.6. The summed E-state index contributed by atoms with van der Waals surface area (Å²) in [6.07, 6.45) is 0.752. The van der Waals surface area contributed by atoms with Crippen molar-refractivity contribution in [2.45, 2.75) is 13.3 Å². The lowest BCUT2D eigenvalue weighted by Crippen LogP contribution is -2.29. The third-order valence-corrected chi connectivity index (χ3v) is 1.89. The van der Waals surface area contributed by atoms with E-state index in [-0.39, 0.29) is 0 Å². The molecule has 1 atom stereocenters. The molecule has 1 aliphatic rings. The Bertz CT molecular complexity index is 127. The van der Waals surface area contributed by atoms with E-state index >= 15 is 0 Å². The number of rotatable bonds is 1. The molecule has 1 aliphatic heterocycles. The Kier molecular flexibility index (Phi) is 1.45. The van der Waals surface area contributed by atoms with Crippen molar-refractivity contribution >= 4 is 5.97 Å². The molecule has 0 aromatic carbocycles. The normalized spacial score (nSPS) is 34.8. The molecule has 1 rings (SSSR count). The largest absolute Gasteiger partial charge is 0.481 e. The molecule has 52 valence electrons. The standard InChI is InChI=1S/C6H11NO2/c1-6(5(8)9)2-3-7-4-6/h7H,2-4H2,1H3,(H,8,9). The lowest BCUT2D eigenvalue weighted by Gasteiger charge is -2.14. The minimum Gasteiger partial charge on any atom is -0.481 e. The summed E-state index contributed by atoms with van der Waals surface area (Å²) in [5.74, 6) is -0.688. The van der Waals surface area contributed by atoms with Crippen LogP contribution in [0.4, 0.5) is 0 Å². The summed E-state index contributed by atoms with van der Waals surface area (Å²) in [6, 6.07) is 0. The van der Waals surface area contributed by atoms with Gasteiger partial charge in [0.2, 0.25) is 0 Å². The molecule has 1 saturated heterocycles. The van der Waals surface area contributed by atoms with Crippen LogP contribution in [0.1, 0.15) is 13.3 Å². The Morgan fingerprint density at radius 3 is 2.67 bits per heavy atom. The van der Waals surface area contributed by atoms with Crippen LogP contribution in [-0.4, -0.2) is 24.2 Å². The molecule has 0 aliphatic carbocycles. The molecule has 0 aromatic heterocycles. The molecule has 0 radical (unpaired) electrons. The Morgan fingerprint density at radius 2 is 2.44 bits per heavy atom. The predicted octanol–water partition coefficient (Wildman–Crippen LogP) is 0.0706. The predicted molar refractivity (Wildman–Crippen MR) is 33.2 cm³/mol. The Labute approximate surface area is 54.1 Å². The Hall–Kier alpha value is -0.570. The minimum atomic E-state index is -0.688. The Morgan fingerprint density at radius 1 is 1.78 bits per heavy atom. The molecule has 2 N–H and O–H groups in total. The number of carbonyl (C=O) groups is 1. The van der Waals surface area contributed by atoms with Gasteiger partial charge in [0.05, 0.1) is 5.41 Å². The summed E-state index contributed by atoms with van der Waals surface area (Å²) in [5.41, 5.74) is -0.500. The van der Waals surface area contributed by atoms with Gasteiger partial charge < -0.3 is 10.4 Å². The smallest absolute Gasteiger partial charge is 0.310 e. The van der Waals surface area contributed by atoms with Gasteiger partial charge >= 0.3 is 5.97 Å². The molecule has 9 heavy (non-hydrogen) atoms. The number of hydrogen-bond acceptors (Lipinski definition) is 2. The van der Waals surface area contributed by atoms with Crippen LogP contribution in [0.3, 0.4) is 0 Å². The van der Waals surface area contributed by atoms with E-state index in [0.717, 1.165) is 13.0 Å². The molecule has 3 heteroatoms. The monoisotopic (exact) mass is 129 g/mol. The highest BCUT2D eigenvalue weighted by molar-refractivity contribution is 5.74. The lowest BCUT2D eigenvalue weighted by molar-refractivity contribution is -0.146. The second kappa shape index (κ2) is 1.99. The third kappa shape index (κ3) is 1.05. The zero-order valence-corrected chi connectivity index (χ0v) is 5.48. The van der Waals surface area contributed by atoms with Gasteiger partial charge in [0.1, 0.15) is 0 Å². The second-order valence-electron chi connectivity index (χ2n) is 2.79. The van der Waals surface area contributed by atoms with Gasteiger partial charge in [0.15, 0.2) is 0 Å². The molecule has 1 unspecified atom stereocenters. The van der Waals surface area contributed by atoms with Crippen LogP contribution in [0.5, 0.6) is 0 Å². The van der Waals surface area contributed by atoms with Gasteiger partial charge in [-0.2, -0.15) is 0 Å². The fourth-order valence-electron chi connectivity index (χ4n) is 0.999. The summed E-state index contributed by atoms with van der Waals surface area (Å²) in [4.78, 5) is 10.5. The van der Waals surface area contributed by atoms with Gasteiger partial charge in [-0.3, -0.25) is 4.79 Å². The van der Waals surface area contributed by atoms with Crippen molar-refractivity contribution in [3.05, 3.63) is 0 Å². The highest BCUT2D eigenvalue weighted by Crippen LogP contribution is 2.23. The van der Waals surface area contributed by atoms with E-state index in [4.69, 9.17) is 5.11 Å². The van der Waals surface area contributed by atoms with Gasteiger partial charge in [-0.1, -0.05) is 0 Å². The highest BCUT2D eigenvalue weighted by atomic mass is 16.4. The molecular weight excluding hydrogens is 118 g/mol. The summed E-state index contributed by atoms with van der Waals surface area (Å²) in [7, 11) is 0. The molecule has 1 heterocycles. The van der Waals surface area contributed by atoms with Gasteiger partial charge in [-0.15, -0.1) is 0 Å². The van der Waals surface area contributed by atoms with E-state index in [1.807, 2.05) is 0 Å². The first-order valence-electron chi connectivity index (χ1n) is 3.09. The quantitative estimate of drug-likeness (QED) is 0.526. The molecule has 3 nitrogen and oxygen atoms in total. The topological polar surface area (TPSA) is 49.3 Å². The van der Waals surface area contributed by atoms with Crippen molar-refractivity contribution in [2.75, 3.05) is 13.1 Å². The van der Waals surface area contributed by atoms with Crippen molar-refractivity contribution < 1.29 is 9.90 Å². The average Bonchev–Trinajstić information content (AvgIpc) is 2.16. The number of carboxylic acid groups (broad SMARTS) is 1. The lowest BCUT2D eigenvalue weighted by atomic mass is 9.90. The fraction of sp³-hybridized carbons (Fsp3) is 0.833. The molecule has 0 amide bonds. The van der Waals surface area contributed by atoms with E-state index in [9.17, 15) is 4.79 Å². The van der Waals surface area contributed by atoms with Crippen LogP contribution >= 0.6 is 0 Å². The van der Waals surface area contributed by atoms with Crippen LogP contribution in [0.25, 0.3) is 0 Å². The van der Waals surface area contributed by atoms with Crippen LogP contribution in [0, 0.1) is 5.41 Å². The third-order valence-electron chi connectivity index (χ3n) is 1.89. The SMILES string of the molecule is CC1(C(=O)O)CCNC1. The second-order valence-corrected chi connectivity index (χ2v) is 2.79. The highest BCUT2D eigenvalue weighted by Gasteiger charge is 2.35. The van der Waals surface area contributed by atoms with Crippen molar-refractivity contribution in [3.8, 4) is 0 Å². The van der Waals surface area contributed by atoms with Gasteiger partial charge in [0.25, 0.3) is 0 Å². The molecule has 0 bridgehead atoms. The number of aliphatic carboxylic acids is 1. The van der Waals surface area contributed by atoms with E-state index in [0.29, 0.717) is 6.54 Å². The van der Waals surface area contributed by atoms with Crippen molar-refractivity contribution in [3.63, 3.8) is 0 Å². The van der Waals surface area contributed by atoms with E-state index in [1.54, 1.807) is 6.92 Å². The fourth-order valence-corrected chi connectivity index (χ4v) is 0.999. The first kappa shape index (κ1) is 6.55. The summed E-state index contributed by atoms with van der Waals surface area (Å²) in [6.45, 7) is 3.22. The molecule has 1 fully saturated rings. The number of carboxylic acids is 1.